The average Bonchev–Trinajstić information content (AvgIpc) is 3.85. The van der Waals surface area contributed by atoms with Gasteiger partial charge < -0.3 is 4.42 Å². The van der Waals surface area contributed by atoms with Gasteiger partial charge in [-0.15, -0.1) is 0 Å². The molecule has 2 aliphatic rings. The van der Waals surface area contributed by atoms with Crippen LogP contribution in [0.2, 0.25) is 0 Å². The summed E-state index contributed by atoms with van der Waals surface area (Å²) in [4.78, 5) is 0. The number of allylic oxidation sites excluding steroid dienone is 2. The van der Waals surface area contributed by atoms with Gasteiger partial charge in [-0.2, -0.15) is 0 Å². The van der Waals surface area contributed by atoms with E-state index >= 15 is 0 Å². The molecule has 0 atom stereocenters. The van der Waals surface area contributed by atoms with Crippen LogP contribution in [0, 0.1) is 6.92 Å². The quantitative estimate of drug-likeness (QED) is 0.158. The lowest BCUT2D eigenvalue weighted by atomic mass is 9.79. The van der Waals surface area contributed by atoms with Crippen molar-refractivity contribution >= 4 is 49.1 Å². The fraction of sp³-hybridized carbons (Fsp3) is 0.115. The van der Waals surface area contributed by atoms with Gasteiger partial charge in [0.05, 0.1) is 0 Å². The molecule has 0 aliphatic heterocycles. The normalized spacial score (nSPS) is 14.8. The van der Waals surface area contributed by atoms with Gasteiger partial charge in [-0.3, -0.25) is 0 Å². The third-order valence-electron chi connectivity index (χ3n) is 14.4. The second-order valence-corrected chi connectivity index (χ2v) is 18.5. The highest BCUT2D eigenvalue weighted by Gasteiger charge is 2.39. The predicted octanol–water partition coefficient (Wildman–Crippen LogP) is 16.8. The van der Waals surface area contributed by atoms with Crippen LogP contribution >= 0.6 is 0 Å². The van der Waals surface area contributed by atoms with Crippen molar-refractivity contribution in [2.75, 3.05) is 0 Å². The molecular formula is C61H46O. The maximum atomic E-state index is 6.40. The molecule has 0 N–H and O–H groups in total. The maximum absolute atomic E-state index is 6.40. The van der Waals surface area contributed by atoms with Crippen molar-refractivity contribution in [1.29, 1.82) is 0 Å². The Kier molecular flexibility index (Phi) is 7.76. The molecule has 0 saturated carbocycles. The molecule has 0 fully saturated rings. The third-order valence-corrected chi connectivity index (χ3v) is 14.4. The van der Waals surface area contributed by atoms with Gasteiger partial charge in [0.15, 0.2) is 0 Å². The van der Waals surface area contributed by atoms with E-state index in [-0.39, 0.29) is 10.8 Å². The summed E-state index contributed by atoms with van der Waals surface area (Å²) in [7, 11) is 0. The zero-order valence-corrected chi connectivity index (χ0v) is 35.9. The summed E-state index contributed by atoms with van der Waals surface area (Å²) < 4.78 is 6.40. The van der Waals surface area contributed by atoms with Gasteiger partial charge >= 0.3 is 0 Å². The first-order valence-electron chi connectivity index (χ1n) is 21.9. The summed E-state index contributed by atoms with van der Waals surface area (Å²) in [5, 5.41) is 7.44. The molecule has 296 valence electrons. The molecule has 1 heteroatoms. The topological polar surface area (TPSA) is 13.1 Å². The van der Waals surface area contributed by atoms with Crippen LogP contribution in [0.5, 0.6) is 0 Å². The van der Waals surface area contributed by atoms with Gasteiger partial charge in [0, 0.05) is 21.6 Å². The van der Waals surface area contributed by atoms with Gasteiger partial charge in [-0.05, 0) is 154 Å². The minimum atomic E-state index is -0.228. The Balaban J connectivity index is 0.949. The van der Waals surface area contributed by atoms with Gasteiger partial charge in [-0.25, -0.2) is 0 Å². The molecule has 0 amide bonds. The van der Waals surface area contributed by atoms with Crippen molar-refractivity contribution in [1.82, 2.24) is 0 Å². The van der Waals surface area contributed by atoms with Crippen LogP contribution < -0.4 is 0 Å². The van der Waals surface area contributed by atoms with E-state index in [0.717, 1.165) is 21.9 Å². The van der Waals surface area contributed by atoms with Gasteiger partial charge in [0.25, 0.3) is 0 Å². The summed E-state index contributed by atoms with van der Waals surface area (Å²) in [5.41, 5.74) is 21.9. The summed E-state index contributed by atoms with van der Waals surface area (Å²) >= 11 is 0. The molecule has 62 heavy (non-hydrogen) atoms. The molecule has 0 saturated heterocycles. The zero-order valence-electron chi connectivity index (χ0n) is 35.9. The lowest BCUT2D eigenvalue weighted by molar-refractivity contribution is 0.654. The predicted molar refractivity (Wildman–Crippen MR) is 263 cm³/mol. The van der Waals surface area contributed by atoms with E-state index in [1.54, 1.807) is 0 Å². The number of benzene rings is 9. The van der Waals surface area contributed by atoms with Crippen LogP contribution in [0.25, 0.3) is 93.6 Å². The summed E-state index contributed by atoms with van der Waals surface area (Å²) in [5.74, 6) is 0. The molecule has 1 heterocycles. The van der Waals surface area contributed by atoms with Gasteiger partial charge in [-0.1, -0.05) is 174 Å². The third kappa shape index (κ3) is 5.09. The van der Waals surface area contributed by atoms with Crippen molar-refractivity contribution in [2.24, 2.45) is 0 Å². The molecule has 0 unspecified atom stereocenters. The van der Waals surface area contributed by atoms with E-state index in [4.69, 9.17) is 4.42 Å². The number of fused-ring (bicyclic) bond motifs is 9. The van der Waals surface area contributed by atoms with Crippen LogP contribution in [-0.4, -0.2) is 0 Å². The molecule has 0 spiro atoms. The van der Waals surface area contributed by atoms with E-state index in [1.807, 2.05) is 6.07 Å². The highest BCUT2D eigenvalue weighted by atomic mass is 16.3. The Hall–Kier alpha value is -7.22. The van der Waals surface area contributed by atoms with Gasteiger partial charge in [0.2, 0.25) is 0 Å². The van der Waals surface area contributed by atoms with Crippen molar-refractivity contribution in [3.05, 3.63) is 221 Å². The van der Waals surface area contributed by atoms with E-state index in [1.165, 1.54) is 111 Å². The Labute approximate surface area is 363 Å². The van der Waals surface area contributed by atoms with Crippen LogP contribution in [-0.2, 0) is 10.8 Å². The second kappa shape index (κ2) is 13.1. The molecule has 1 nitrogen and oxygen atoms in total. The zero-order chi connectivity index (χ0) is 42.1. The fourth-order valence-corrected chi connectivity index (χ4v) is 11.3. The highest BCUT2D eigenvalue weighted by molar-refractivity contribution is 6.21. The average molecular weight is 795 g/mol. The minimum absolute atomic E-state index is 0.195. The number of aryl methyl sites for hydroxylation is 1. The van der Waals surface area contributed by atoms with Crippen LogP contribution in [0.1, 0.15) is 61.1 Å². The summed E-state index contributed by atoms with van der Waals surface area (Å²) in [6.07, 6.45) is 2.07. The van der Waals surface area contributed by atoms with E-state index in [9.17, 15) is 0 Å². The van der Waals surface area contributed by atoms with Crippen molar-refractivity contribution < 1.29 is 4.42 Å². The first-order valence-corrected chi connectivity index (χ1v) is 21.9. The van der Waals surface area contributed by atoms with Gasteiger partial charge in [0.1, 0.15) is 11.2 Å². The van der Waals surface area contributed by atoms with Crippen molar-refractivity contribution in [3.8, 4) is 44.5 Å². The number of rotatable bonds is 5. The molecule has 0 radical (unpaired) electrons. The summed E-state index contributed by atoms with van der Waals surface area (Å²) in [6, 6.07) is 63.1. The largest absolute Gasteiger partial charge is 0.456 e. The van der Waals surface area contributed by atoms with E-state index < -0.39 is 0 Å². The Bertz CT molecular complexity index is 3530. The molecular weight excluding hydrogens is 749 g/mol. The maximum Gasteiger partial charge on any atom is 0.136 e. The Morgan fingerprint density at radius 3 is 1.48 bits per heavy atom. The minimum Gasteiger partial charge on any atom is -0.456 e. The smallest absolute Gasteiger partial charge is 0.136 e. The molecule has 0 bridgehead atoms. The molecule has 9 aromatic carbocycles. The molecule has 12 rings (SSSR count). The fourth-order valence-electron chi connectivity index (χ4n) is 11.3. The lowest BCUT2D eigenvalue weighted by Crippen LogP contribution is -2.16. The molecule has 10 aromatic rings. The Morgan fingerprint density at radius 1 is 0.403 bits per heavy atom. The number of hydrogen-bond donors (Lipinski definition) is 0. The lowest BCUT2D eigenvalue weighted by Gasteiger charge is -2.24. The first kappa shape index (κ1) is 36.6. The van der Waals surface area contributed by atoms with Crippen LogP contribution in [0.3, 0.4) is 0 Å². The second-order valence-electron chi connectivity index (χ2n) is 18.5. The number of furan rings is 1. The number of para-hydroxylation sites is 1. The first-order chi connectivity index (χ1) is 30.1. The van der Waals surface area contributed by atoms with Crippen LogP contribution in [0.4, 0.5) is 0 Å². The molecule has 1 aromatic heterocycles. The van der Waals surface area contributed by atoms with Crippen molar-refractivity contribution in [3.63, 3.8) is 0 Å². The standard InChI is InChI=1S/C61H46O/c1-7-51-59(49-35-56-50(31-36(49)2)43-19-15-16-24-55(43)62-56)48-30-26-39(33-54(48)60(51,3)4)38-25-28-41-42-29-27-40(34-53(42)61(5,6)52(41)32-38)58-46-22-13-11-20-44(46)57(37-17-9-8-10-18-37)45-21-12-14-23-47(45)58/h7-35H,1H2,2-6H3. The van der Waals surface area contributed by atoms with E-state index in [0.29, 0.717) is 0 Å². The Morgan fingerprint density at radius 2 is 0.887 bits per heavy atom. The SMILES string of the molecule is C=CC1=C(c2cc3oc4ccccc4c3cc2C)c2ccc(-c3ccc4c(c3)C(C)(C)c3cc(-c5c6ccccc6c(-c6ccccc6)c6ccccc56)ccc3-4)cc2C1(C)C. The molecule has 2 aliphatic carbocycles. The monoisotopic (exact) mass is 794 g/mol. The summed E-state index contributed by atoms with van der Waals surface area (Å²) in [6.45, 7) is 16.1. The van der Waals surface area contributed by atoms with Crippen molar-refractivity contribution in [2.45, 2.75) is 45.4 Å². The highest BCUT2D eigenvalue weighted by Crippen LogP contribution is 2.54. The van der Waals surface area contributed by atoms with Crippen LogP contribution in [0.15, 0.2) is 193 Å². The number of hydrogen-bond acceptors (Lipinski definition) is 1. The van der Waals surface area contributed by atoms with E-state index in [2.05, 4.69) is 211 Å².